The maximum Gasteiger partial charge on any atom is 0.0787 e. The van der Waals surface area contributed by atoms with E-state index in [-0.39, 0.29) is 0 Å². The summed E-state index contributed by atoms with van der Waals surface area (Å²) in [5, 5.41) is 14.0. The molecule has 19 heavy (non-hydrogen) atoms. The van der Waals surface area contributed by atoms with E-state index in [1.54, 1.807) is 0 Å². The van der Waals surface area contributed by atoms with Gasteiger partial charge in [0.25, 0.3) is 0 Å². The Kier molecular flexibility index (Phi) is 5.31. The monoisotopic (exact) mass is 279 g/mol. The molecule has 106 valence electrons. The second-order valence-corrected chi connectivity index (χ2v) is 6.97. The Morgan fingerprint density at radius 3 is 2.68 bits per heavy atom. The van der Waals surface area contributed by atoms with E-state index < -0.39 is 5.60 Å². The van der Waals surface area contributed by atoms with E-state index in [2.05, 4.69) is 43.4 Å². The molecule has 2 rings (SSSR count). The van der Waals surface area contributed by atoms with Crippen molar-refractivity contribution in [3.8, 4) is 0 Å². The second kappa shape index (κ2) is 6.78. The smallest absolute Gasteiger partial charge is 0.0787 e. The summed E-state index contributed by atoms with van der Waals surface area (Å²) in [5.74, 6) is 2.18. The van der Waals surface area contributed by atoms with Gasteiger partial charge in [-0.05, 0) is 55.7 Å². The van der Waals surface area contributed by atoms with Crippen LogP contribution in [0, 0.1) is 6.92 Å². The zero-order chi connectivity index (χ0) is 13.7. The summed E-state index contributed by atoms with van der Waals surface area (Å²) in [6.07, 6.45) is 2.86. The molecular formula is C16H25NOS. The van der Waals surface area contributed by atoms with Crippen molar-refractivity contribution in [2.24, 2.45) is 0 Å². The molecule has 3 heteroatoms. The van der Waals surface area contributed by atoms with Crippen molar-refractivity contribution in [3.63, 3.8) is 0 Å². The molecule has 1 aliphatic rings. The maximum absolute atomic E-state index is 10.5. The Morgan fingerprint density at radius 1 is 1.32 bits per heavy atom. The maximum atomic E-state index is 10.5. The Bertz CT molecular complexity index is 401. The number of hydrogen-bond acceptors (Lipinski definition) is 3. The van der Waals surface area contributed by atoms with Gasteiger partial charge in [0.1, 0.15) is 0 Å². The quantitative estimate of drug-likeness (QED) is 0.869. The van der Waals surface area contributed by atoms with Crippen molar-refractivity contribution in [2.75, 3.05) is 18.1 Å². The van der Waals surface area contributed by atoms with Crippen molar-refractivity contribution in [2.45, 2.75) is 44.8 Å². The minimum absolute atomic E-state index is 0.403. The van der Waals surface area contributed by atoms with Crippen LogP contribution >= 0.6 is 11.8 Å². The Morgan fingerprint density at radius 2 is 2.00 bits per heavy atom. The lowest BCUT2D eigenvalue weighted by Gasteiger charge is -2.33. The van der Waals surface area contributed by atoms with E-state index >= 15 is 0 Å². The van der Waals surface area contributed by atoms with Gasteiger partial charge in [0.15, 0.2) is 0 Å². The molecule has 0 bridgehead atoms. The standard InChI is InChI=1S/C16H25NOS/c1-13-5-3-4-6-15(13)11-14(2)17-12-16(18)7-9-19-10-8-16/h3-6,14,17-18H,7-12H2,1-2H3. The average Bonchev–Trinajstić information content (AvgIpc) is 2.40. The summed E-state index contributed by atoms with van der Waals surface area (Å²) in [4.78, 5) is 0. The molecule has 2 nitrogen and oxygen atoms in total. The van der Waals surface area contributed by atoms with Crippen LogP contribution in [0.5, 0.6) is 0 Å². The molecule has 0 radical (unpaired) electrons. The Hall–Kier alpha value is -0.510. The third-order valence-corrected chi connectivity index (χ3v) is 4.98. The summed E-state index contributed by atoms with van der Waals surface area (Å²) < 4.78 is 0. The van der Waals surface area contributed by atoms with E-state index in [0.717, 1.165) is 37.3 Å². The van der Waals surface area contributed by atoms with E-state index in [1.807, 2.05) is 11.8 Å². The number of aryl methyl sites for hydroxylation is 1. The predicted molar refractivity (Wildman–Crippen MR) is 83.9 cm³/mol. The summed E-state index contributed by atoms with van der Waals surface area (Å²) in [6.45, 7) is 5.09. The first-order chi connectivity index (χ1) is 9.09. The second-order valence-electron chi connectivity index (χ2n) is 5.75. The van der Waals surface area contributed by atoms with Crippen LogP contribution in [-0.2, 0) is 6.42 Å². The zero-order valence-electron chi connectivity index (χ0n) is 12.0. The molecule has 1 aliphatic heterocycles. The summed E-state index contributed by atoms with van der Waals surface area (Å²) in [5.41, 5.74) is 2.27. The SMILES string of the molecule is Cc1ccccc1CC(C)NCC1(O)CCSCC1. The Balaban J connectivity index is 1.81. The lowest BCUT2D eigenvalue weighted by Crippen LogP contribution is -2.46. The van der Waals surface area contributed by atoms with Crippen molar-refractivity contribution in [1.29, 1.82) is 0 Å². The largest absolute Gasteiger partial charge is 0.389 e. The van der Waals surface area contributed by atoms with Crippen LogP contribution in [-0.4, -0.2) is 34.8 Å². The highest BCUT2D eigenvalue weighted by molar-refractivity contribution is 7.99. The molecular weight excluding hydrogens is 254 g/mol. The fraction of sp³-hybridized carbons (Fsp3) is 0.625. The molecule has 1 fully saturated rings. The zero-order valence-corrected chi connectivity index (χ0v) is 12.8. The molecule has 0 amide bonds. The molecule has 0 spiro atoms. The molecule has 1 aromatic rings. The van der Waals surface area contributed by atoms with Gasteiger partial charge in [-0.15, -0.1) is 0 Å². The van der Waals surface area contributed by atoms with Gasteiger partial charge in [0.05, 0.1) is 5.60 Å². The number of hydrogen-bond donors (Lipinski definition) is 2. The first kappa shape index (κ1) is 14.9. The van der Waals surface area contributed by atoms with Gasteiger partial charge in [-0.2, -0.15) is 11.8 Å². The molecule has 0 aromatic heterocycles. The van der Waals surface area contributed by atoms with Crippen molar-refractivity contribution in [3.05, 3.63) is 35.4 Å². The highest BCUT2D eigenvalue weighted by Crippen LogP contribution is 2.26. The minimum atomic E-state index is -0.481. The molecule has 1 saturated heterocycles. The van der Waals surface area contributed by atoms with Gasteiger partial charge < -0.3 is 10.4 Å². The Labute approximate surface area is 121 Å². The lowest BCUT2D eigenvalue weighted by atomic mass is 9.95. The highest BCUT2D eigenvalue weighted by atomic mass is 32.2. The highest BCUT2D eigenvalue weighted by Gasteiger charge is 2.29. The number of benzene rings is 1. The van der Waals surface area contributed by atoms with Gasteiger partial charge >= 0.3 is 0 Å². The molecule has 0 aliphatic carbocycles. The van der Waals surface area contributed by atoms with Gasteiger partial charge in [0, 0.05) is 12.6 Å². The van der Waals surface area contributed by atoms with Crippen LogP contribution in [0.15, 0.2) is 24.3 Å². The summed E-state index contributed by atoms with van der Waals surface area (Å²) >= 11 is 1.95. The van der Waals surface area contributed by atoms with Crippen LogP contribution in [0.2, 0.25) is 0 Å². The fourth-order valence-corrected chi connectivity index (χ4v) is 3.79. The molecule has 0 saturated carbocycles. The summed E-state index contributed by atoms with van der Waals surface area (Å²) in [7, 11) is 0. The lowest BCUT2D eigenvalue weighted by molar-refractivity contribution is 0.0301. The van der Waals surface area contributed by atoms with Gasteiger partial charge in [-0.1, -0.05) is 24.3 Å². The summed E-state index contributed by atoms with van der Waals surface area (Å²) in [6, 6.07) is 8.94. The van der Waals surface area contributed by atoms with E-state index in [1.165, 1.54) is 11.1 Å². The molecule has 2 N–H and O–H groups in total. The van der Waals surface area contributed by atoms with Crippen molar-refractivity contribution in [1.82, 2.24) is 5.32 Å². The van der Waals surface area contributed by atoms with E-state index in [9.17, 15) is 5.11 Å². The molecule has 1 atom stereocenters. The third-order valence-electron chi connectivity index (χ3n) is 3.99. The predicted octanol–water partition coefficient (Wildman–Crippen LogP) is 2.77. The third kappa shape index (κ3) is 4.51. The van der Waals surface area contributed by atoms with E-state index in [0.29, 0.717) is 6.04 Å². The molecule has 1 heterocycles. The number of thioether (sulfide) groups is 1. The van der Waals surface area contributed by atoms with Crippen LogP contribution in [0.1, 0.15) is 30.9 Å². The molecule has 1 aromatic carbocycles. The van der Waals surface area contributed by atoms with Gasteiger partial charge in [-0.25, -0.2) is 0 Å². The van der Waals surface area contributed by atoms with Gasteiger partial charge in [0.2, 0.25) is 0 Å². The molecule has 1 unspecified atom stereocenters. The van der Waals surface area contributed by atoms with Crippen LogP contribution in [0.25, 0.3) is 0 Å². The van der Waals surface area contributed by atoms with E-state index in [4.69, 9.17) is 0 Å². The van der Waals surface area contributed by atoms with Crippen LogP contribution < -0.4 is 5.32 Å². The number of aliphatic hydroxyl groups is 1. The average molecular weight is 279 g/mol. The minimum Gasteiger partial charge on any atom is -0.389 e. The topological polar surface area (TPSA) is 32.3 Å². The van der Waals surface area contributed by atoms with Crippen molar-refractivity contribution < 1.29 is 5.11 Å². The van der Waals surface area contributed by atoms with Crippen LogP contribution in [0.3, 0.4) is 0 Å². The van der Waals surface area contributed by atoms with Crippen LogP contribution in [0.4, 0.5) is 0 Å². The first-order valence-corrected chi connectivity index (χ1v) is 8.33. The fourth-order valence-electron chi connectivity index (χ4n) is 2.53. The normalized spacial score (nSPS) is 20.2. The number of nitrogens with one attached hydrogen (secondary N) is 1. The van der Waals surface area contributed by atoms with Crippen molar-refractivity contribution >= 4 is 11.8 Å². The first-order valence-electron chi connectivity index (χ1n) is 7.17. The van der Waals surface area contributed by atoms with Gasteiger partial charge in [-0.3, -0.25) is 0 Å². The number of rotatable bonds is 5.